The predicted octanol–water partition coefficient (Wildman–Crippen LogP) is 3.42. The monoisotopic (exact) mass is 354 g/mol. The van der Waals surface area contributed by atoms with Crippen molar-refractivity contribution in [1.82, 2.24) is 4.90 Å². The molecule has 0 aliphatic carbocycles. The second-order valence-electron chi connectivity index (χ2n) is 6.78. The number of aliphatic imine (C=N–C) groups is 1. The first-order chi connectivity index (χ1) is 12.3. The molecule has 1 atom stereocenters. The van der Waals surface area contributed by atoms with Crippen LogP contribution in [0.5, 0.6) is 5.75 Å². The number of nitrogens with zero attached hydrogens (tertiary/aromatic N) is 2. The van der Waals surface area contributed by atoms with Crippen molar-refractivity contribution in [2.45, 2.75) is 32.5 Å². The number of hydrogen-bond acceptors (Lipinski definition) is 5. The number of ether oxygens (including phenoxy) is 1. The summed E-state index contributed by atoms with van der Waals surface area (Å²) in [6.45, 7) is 6.30. The van der Waals surface area contributed by atoms with Crippen molar-refractivity contribution in [1.29, 1.82) is 5.41 Å². The van der Waals surface area contributed by atoms with E-state index in [1.165, 1.54) is 12.1 Å². The van der Waals surface area contributed by atoms with Crippen LogP contribution < -0.4 is 10.5 Å². The minimum Gasteiger partial charge on any atom is -0.426 e. The topological polar surface area (TPSA) is 74.7 Å². The van der Waals surface area contributed by atoms with Crippen LogP contribution in [0.2, 0.25) is 0 Å². The molecule has 1 aliphatic rings. The van der Waals surface area contributed by atoms with E-state index in [0.717, 1.165) is 5.56 Å². The third-order valence-electron chi connectivity index (χ3n) is 4.44. The summed E-state index contributed by atoms with van der Waals surface area (Å²) in [5.74, 6) is 0.290. The first kappa shape index (κ1) is 18.1. The van der Waals surface area contributed by atoms with Crippen molar-refractivity contribution in [2.24, 2.45) is 10.7 Å². The zero-order chi connectivity index (χ0) is 18.9. The van der Waals surface area contributed by atoms with E-state index in [-0.39, 0.29) is 24.1 Å². The molecule has 2 aromatic rings. The third-order valence-corrected chi connectivity index (χ3v) is 4.44. The summed E-state index contributed by atoms with van der Waals surface area (Å²) in [4.78, 5) is 6.45. The van der Waals surface area contributed by atoms with Gasteiger partial charge in [-0.25, -0.2) is 9.38 Å². The summed E-state index contributed by atoms with van der Waals surface area (Å²) in [6.07, 6.45) is 0. The minimum absolute atomic E-state index is 0.0808. The van der Waals surface area contributed by atoms with Crippen molar-refractivity contribution in [2.75, 3.05) is 6.54 Å². The molecule has 0 saturated carbocycles. The van der Waals surface area contributed by atoms with Gasteiger partial charge in [-0.3, -0.25) is 5.73 Å². The van der Waals surface area contributed by atoms with Gasteiger partial charge in [-0.15, -0.1) is 0 Å². The average molecular weight is 354 g/mol. The molecule has 0 spiro atoms. The standard InChI is InChI=1S/C20H23FN4O/c1-13(2)25-12-18(22)20(23,15-6-8-16(21)9-7-15)24-19(25)26-17-10-4-14(3)5-11-17/h4-11,13,22H,12,23H2,1-3H3. The van der Waals surface area contributed by atoms with E-state index in [2.05, 4.69) is 4.99 Å². The first-order valence-electron chi connectivity index (χ1n) is 8.53. The van der Waals surface area contributed by atoms with Crippen LogP contribution in [0.1, 0.15) is 25.0 Å². The molecular formula is C20H23FN4O. The number of aryl methyl sites for hydroxylation is 1. The molecule has 0 radical (unpaired) electrons. The molecule has 1 heterocycles. The molecule has 0 bridgehead atoms. The van der Waals surface area contributed by atoms with Gasteiger partial charge in [0.2, 0.25) is 0 Å². The van der Waals surface area contributed by atoms with Gasteiger partial charge in [0.1, 0.15) is 11.6 Å². The van der Waals surface area contributed by atoms with Gasteiger partial charge in [0.25, 0.3) is 6.02 Å². The number of rotatable bonds is 3. The summed E-state index contributed by atoms with van der Waals surface area (Å²) in [5.41, 5.74) is 7.00. The molecule has 2 aromatic carbocycles. The highest BCUT2D eigenvalue weighted by Gasteiger charge is 2.40. The molecular weight excluding hydrogens is 331 g/mol. The molecule has 0 fully saturated rings. The second-order valence-corrected chi connectivity index (χ2v) is 6.78. The number of benzene rings is 2. The van der Waals surface area contributed by atoms with Gasteiger partial charge < -0.3 is 15.0 Å². The zero-order valence-corrected chi connectivity index (χ0v) is 15.2. The van der Waals surface area contributed by atoms with Gasteiger partial charge in [0, 0.05) is 11.6 Å². The quantitative estimate of drug-likeness (QED) is 0.887. The molecule has 1 aliphatic heterocycles. The number of amidine groups is 1. The fraction of sp³-hybridized carbons (Fsp3) is 0.300. The maximum absolute atomic E-state index is 13.3. The van der Waals surface area contributed by atoms with Gasteiger partial charge in [-0.1, -0.05) is 29.8 Å². The van der Waals surface area contributed by atoms with Crippen molar-refractivity contribution in [3.63, 3.8) is 0 Å². The lowest BCUT2D eigenvalue weighted by Crippen LogP contribution is -2.57. The van der Waals surface area contributed by atoms with Crippen LogP contribution in [0.15, 0.2) is 53.5 Å². The summed E-state index contributed by atoms with van der Waals surface area (Å²) in [5, 5.41) is 8.43. The van der Waals surface area contributed by atoms with Gasteiger partial charge in [-0.05, 0) is 45.0 Å². The van der Waals surface area contributed by atoms with E-state index < -0.39 is 5.66 Å². The van der Waals surface area contributed by atoms with E-state index in [1.807, 2.05) is 49.9 Å². The van der Waals surface area contributed by atoms with Crippen molar-refractivity contribution in [3.05, 3.63) is 65.5 Å². The Balaban J connectivity index is 2.02. The third kappa shape index (κ3) is 3.46. The Morgan fingerprint density at radius 2 is 1.77 bits per heavy atom. The smallest absolute Gasteiger partial charge is 0.296 e. The normalized spacial score (nSPS) is 20.3. The lowest BCUT2D eigenvalue weighted by atomic mass is 9.93. The van der Waals surface area contributed by atoms with Crippen LogP contribution in [0, 0.1) is 18.2 Å². The highest BCUT2D eigenvalue weighted by Crippen LogP contribution is 2.28. The highest BCUT2D eigenvalue weighted by atomic mass is 19.1. The number of hydrogen-bond donors (Lipinski definition) is 2. The van der Waals surface area contributed by atoms with E-state index >= 15 is 0 Å². The molecule has 3 N–H and O–H groups in total. The fourth-order valence-electron chi connectivity index (χ4n) is 2.78. The van der Waals surface area contributed by atoms with Gasteiger partial charge >= 0.3 is 0 Å². The highest BCUT2D eigenvalue weighted by molar-refractivity contribution is 6.00. The summed E-state index contributed by atoms with van der Waals surface area (Å²) in [6, 6.07) is 13.8. The largest absolute Gasteiger partial charge is 0.426 e. The van der Waals surface area contributed by atoms with Crippen LogP contribution in [-0.2, 0) is 5.66 Å². The van der Waals surface area contributed by atoms with E-state index in [0.29, 0.717) is 17.3 Å². The SMILES string of the molecule is Cc1ccc(OC2=NC(N)(c3ccc(F)cc3)C(=N)CN2C(C)C)cc1. The van der Waals surface area contributed by atoms with Crippen LogP contribution in [-0.4, -0.2) is 29.2 Å². The lowest BCUT2D eigenvalue weighted by molar-refractivity contribution is 0.294. The van der Waals surface area contributed by atoms with E-state index in [4.69, 9.17) is 15.9 Å². The van der Waals surface area contributed by atoms with E-state index in [9.17, 15) is 4.39 Å². The molecule has 3 rings (SSSR count). The Morgan fingerprint density at radius 1 is 1.15 bits per heavy atom. The Bertz CT molecular complexity index is 830. The average Bonchev–Trinajstić information content (AvgIpc) is 2.60. The lowest BCUT2D eigenvalue weighted by Gasteiger charge is -2.39. The van der Waals surface area contributed by atoms with Crippen LogP contribution in [0.25, 0.3) is 0 Å². The maximum atomic E-state index is 13.3. The fourth-order valence-corrected chi connectivity index (χ4v) is 2.78. The molecule has 5 nitrogen and oxygen atoms in total. The minimum atomic E-state index is -1.38. The molecule has 0 amide bonds. The van der Waals surface area contributed by atoms with Gasteiger partial charge in [0.15, 0.2) is 5.66 Å². The van der Waals surface area contributed by atoms with Gasteiger partial charge in [-0.2, -0.15) is 0 Å². The Labute approximate surface area is 152 Å². The van der Waals surface area contributed by atoms with Crippen molar-refractivity contribution < 1.29 is 9.13 Å². The van der Waals surface area contributed by atoms with Crippen LogP contribution in [0.3, 0.4) is 0 Å². The zero-order valence-electron chi connectivity index (χ0n) is 15.2. The van der Waals surface area contributed by atoms with Crippen molar-refractivity contribution >= 4 is 11.7 Å². The second kappa shape index (κ2) is 6.88. The Kier molecular flexibility index (Phi) is 4.78. The summed E-state index contributed by atoms with van der Waals surface area (Å²) < 4.78 is 19.3. The summed E-state index contributed by atoms with van der Waals surface area (Å²) in [7, 11) is 0. The molecule has 1 unspecified atom stereocenters. The Morgan fingerprint density at radius 3 is 2.35 bits per heavy atom. The summed E-state index contributed by atoms with van der Waals surface area (Å²) >= 11 is 0. The van der Waals surface area contributed by atoms with Gasteiger partial charge in [0.05, 0.1) is 12.3 Å². The van der Waals surface area contributed by atoms with Crippen LogP contribution >= 0.6 is 0 Å². The molecule has 0 aromatic heterocycles. The predicted molar refractivity (Wildman–Crippen MR) is 101 cm³/mol. The van der Waals surface area contributed by atoms with E-state index in [1.54, 1.807) is 12.1 Å². The maximum Gasteiger partial charge on any atom is 0.296 e. The number of nitrogens with two attached hydrogens (primary N) is 1. The molecule has 0 saturated heterocycles. The molecule has 136 valence electrons. The number of halogens is 1. The van der Waals surface area contributed by atoms with Crippen LogP contribution in [0.4, 0.5) is 4.39 Å². The molecule has 26 heavy (non-hydrogen) atoms. The first-order valence-corrected chi connectivity index (χ1v) is 8.53. The van der Waals surface area contributed by atoms with Crippen molar-refractivity contribution in [3.8, 4) is 5.75 Å². The number of nitrogens with one attached hydrogen (secondary N) is 1. The molecule has 6 heteroatoms. The Hall–Kier alpha value is -2.73.